The molecule has 1 aromatic heterocycles. The number of piperidine rings is 1. The van der Waals surface area contributed by atoms with Crippen LogP contribution in [0.5, 0.6) is 0 Å². The lowest BCUT2D eigenvalue weighted by molar-refractivity contribution is 0.0913. The number of benzene rings is 1. The molecule has 2 N–H and O–H groups in total. The van der Waals surface area contributed by atoms with Gasteiger partial charge in [0.15, 0.2) is 0 Å². The van der Waals surface area contributed by atoms with Crippen LogP contribution in [-0.4, -0.2) is 29.6 Å². The molecule has 5 nitrogen and oxygen atoms in total. The molecule has 2 unspecified atom stereocenters. The van der Waals surface area contributed by atoms with Crippen molar-refractivity contribution in [2.75, 3.05) is 13.1 Å². The maximum atomic E-state index is 12.6. The molecule has 7 heteroatoms. The van der Waals surface area contributed by atoms with Crippen LogP contribution in [0.4, 0.5) is 0 Å². The second kappa shape index (κ2) is 9.21. The molecule has 0 saturated carbocycles. The fourth-order valence-corrected chi connectivity index (χ4v) is 3.28. The zero-order valence-corrected chi connectivity index (χ0v) is 16.1. The van der Waals surface area contributed by atoms with Crippen molar-refractivity contribution in [3.05, 3.63) is 69.1 Å². The van der Waals surface area contributed by atoms with Crippen LogP contribution in [0, 0.1) is 5.92 Å². The van der Waals surface area contributed by atoms with Gasteiger partial charge in [-0.2, -0.15) is 0 Å². The number of aromatic nitrogens is 1. The molecule has 1 amide bonds. The minimum Gasteiger partial charge on any atom is -0.349 e. The number of nitrogens with zero attached hydrogens (tertiary/aromatic N) is 1. The monoisotopic (exact) mass is 395 g/mol. The molecule has 1 saturated heterocycles. The number of carbonyl (C=O) groups is 1. The minimum atomic E-state index is -0.160. The van der Waals surface area contributed by atoms with Crippen molar-refractivity contribution >= 4 is 29.9 Å². The number of rotatable bonds is 4. The Bertz CT molecular complexity index is 822. The number of hydrogen-bond acceptors (Lipinski definition) is 3. The second-order valence-corrected chi connectivity index (χ2v) is 6.93. The van der Waals surface area contributed by atoms with Gasteiger partial charge in [0.25, 0.3) is 11.5 Å². The zero-order chi connectivity index (χ0) is 17.8. The van der Waals surface area contributed by atoms with E-state index < -0.39 is 0 Å². The lowest BCUT2D eigenvalue weighted by atomic mass is 9.95. The highest BCUT2D eigenvalue weighted by molar-refractivity contribution is 6.31. The lowest BCUT2D eigenvalue weighted by Gasteiger charge is -2.30. The van der Waals surface area contributed by atoms with E-state index >= 15 is 0 Å². The Labute approximate surface area is 164 Å². The van der Waals surface area contributed by atoms with Crippen molar-refractivity contribution in [3.8, 4) is 0 Å². The molecule has 1 fully saturated rings. The van der Waals surface area contributed by atoms with Crippen LogP contribution >= 0.6 is 24.0 Å². The molecule has 0 radical (unpaired) electrons. The summed E-state index contributed by atoms with van der Waals surface area (Å²) >= 11 is 6.17. The van der Waals surface area contributed by atoms with Crippen LogP contribution in [0.25, 0.3) is 0 Å². The maximum Gasteiger partial charge on any atom is 0.252 e. The maximum absolute atomic E-state index is 12.6. The number of hydrogen-bond donors (Lipinski definition) is 2. The first-order chi connectivity index (χ1) is 12.0. The number of pyridine rings is 1. The summed E-state index contributed by atoms with van der Waals surface area (Å²) in [5.74, 6) is 0.235. The van der Waals surface area contributed by atoms with Gasteiger partial charge in [0.2, 0.25) is 0 Å². The quantitative estimate of drug-likeness (QED) is 0.836. The van der Waals surface area contributed by atoms with Gasteiger partial charge in [-0.05, 0) is 43.1 Å². The smallest absolute Gasteiger partial charge is 0.252 e. The highest BCUT2D eigenvalue weighted by atomic mass is 35.5. The highest BCUT2D eigenvalue weighted by Gasteiger charge is 2.23. The number of halogens is 2. The van der Waals surface area contributed by atoms with E-state index in [-0.39, 0.29) is 29.9 Å². The van der Waals surface area contributed by atoms with Crippen molar-refractivity contribution in [2.45, 2.75) is 25.9 Å². The van der Waals surface area contributed by atoms with E-state index in [0.29, 0.717) is 23.0 Å². The molecule has 1 aliphatic heterocycles. The zero-order valence-electron chi connectivity index (χ0n) is 14.6. The van der Waals surface area contributed by atoms with Gasteiger partial charge in [-0.15, -0.1) is 12.4 Å². The van der Waals surface area contributed by atoms with E-state index in [1.165, 1.54) is 10.6 Å². The molecule has 26 heavy (non-hydrogen) atoms. The van der Waals surface area contributed by atoms with Crippen molar-refractivity contribution in [3.63, 3.8) is 0 Å². The summed E-state index contributed by atoms with van der Waals surface area (Å²) in [6, 6.07) is 10.5. The van der Waals surface area contributed by atoms with Crippen LogP contribution in [0.3, 0.4) is 0 Å². The minimum absolute atomic E-state index is 0. The van der Waals surface area contributed by atoms with Gasteiger partial charge < -0.3 is 15.2 Å². The fourth-order valence-electron chi connectivity index (χ4n) is 3.08. The SMILES string of the molecule is CC1CNCCC1NC(=O)c1ccc(=O)n(Cc2ccccc2Cl)c1.Cl. The third-order valence-corrected chi connectivity index (χ3v) is 5.01. The van der Waals surface area contributed by atoms with Crippen LogP contribution in [0.15, 0.2) is 47.4 Å². The summed E-state index contributed by atoms with van der Waals surface area (Å²) in [4.78, 5) is 24.7. The molecule has 2 heterocycles. The third kappa shape index (κ3) is 4.87. The molecule has 0 aliphatic carbocycles. The van der Waals surface area contributed by atoms with E-state index in [1.807, 2.05) is 18.2 Å². The summed E-state index contributed by atoms with van der Waals surface area (Å²) in [6.07, 6.45) is 2.51. The van der Waals surface area contributed by atoms with Crippen LogP contribution in [0.1, 0.15) is 29.3 Å². The Kier molecular flexibility index (Phi) is 7.26. The predicted molar refractivity (Wildman–Crippen MR) is 106 cm³/mol. The summed E-state index contributed by atoms with van der Waals surface area (Å²) in [7, 11) is 0. The van der Waals surface area contributed by atoms with Crippen LogP contribution < -0.4 is 16.2 Å². The van der Waals surface area contributed by atoms with Crippen molar-refractivity contribution in [1.82, 2.24) is 15.2 Å². The van der Waals surface area contributed by atoms with Gasteiger partial charge in [-0.25, -0.2) is 0 Å². The highest BCUT2D eigenvalue weighted by Crippen LogP contribution is 2.16. The lowest BCUT2D eigenvalue weighted by Crippen LogP contribution is -2.48. The summed E-state index contributed by atoms with van der Waals surface area (Å²) in [6.45, 7) is 4.26. The molecule has 140 valence electrons. The molecule has 3 rings (SSSR count). The van der Waals surface area contributed by atoms with Gasteiger partial charge in [0.1, 0.15) is 0 Å². The molecule has 2 atom stereocenters. The van der Waals surface area contributed by atoms with Gasteiger partial charge in [0.05, 0.1) is 12.1 Å². The van der Waals surface area contributed by atoms with Crippen molar-refractivity contribution in [1.29, 1.82) is 0 Å². The third-order valence-electron chi connectivity index (χ3n) is 4.65. The number of carbonyl (C=O) groups excluding carboxylic acids is 1. The second-order valence-electron chi connectivity index (χ2n) is 6.53. The van der Waals surface area contributed by atoms with Gasteiger partial charge in [-0.1, -0.05) is 36.7 Å². The number of amides is 1. The summed E-state index contributed by atoms with van der Waals surface area (Å²) < 4.78 is 1.52. The molecule has 1 aliphatic rings. The van der Waals surface area contributed by atoms with Gasteiger partial charge in [0, 0.05) is 23.3 Å². The standard InChI is InChI=1S/C19H22ClN3O2.ClH/c1-13-10-21-9-8-17(13)22-19(25)15-6-7-18(24)23(12-15)11-14-4-2-3-5-16(14)20;/h2-7,12-13,17,21H,8-11H2,1H3,(H,22,25);1H. The molecule has 0 spiro atoms. The molecule has 0 bridgehead atoms. The topological polar surface area (TPSA) is 63.1 Å². The Morgan fingerprint density at radius 2 is 2.08 bits per heavy atom. The Morgan fingerprint density at radius 1 is 1.31 bits per heavy atom. The van der Waals surface area contributed by atoms with Crippen LogP contribution in [-0.2, 0) is 6.54 Å². The largest absolute Gasteiger partial charge is 0.349 e. The summed E-state index contributed by atoms with van der Waals surface area (Å²) in [5.41, 5.74) is 1.17. The molecular weight excluding hydrogens is 373 g/mol. The van der Waals surface area contributed by atoms with Gasteiger partial charge in [-0.3, -0.25) is 9.59 Å². The summed E-state index contributed by atoms with van der Waals surface area (Å²) in [5, 5.41) is 7.01. The first-order valence-corrected chi connectivity index (χ1v) is 8.88. The van der Waals surface area contributed by atoms with E-state index in [9.17, 15) is 9.59 Å². The molecule has 2 aromatic rings. The average molecular weight is 396 g/mol. The first-order valence-electron chi connectivity index (χ1n) is 8.50. The average Bonchev–Trinajstić information content (AvgIpc) is 2.60. The van der Waals surface area contributed by atoms with Crippen molar-refractivity contribution < 1.29 is 4.79 Å². The normalized spacial score (nSPS) is 19.5. The van der Waals surface area contributed by atoms with E-state index in [0.717, 1.165) is 25.1 Å². The molecule has 1 aromatic carbocycles. The fraction of sp³-hybridized carbons (Fsp3) is 0.368. The van der Waals surface area contributed by atoms with E-state index in [1.54, 1.807) is 18.3 Å². The first kappa shape index (κ1) is 20.5. The Balaban J connectivity index is 0.00000243. The van der Waals surface area contributed by atoms with E-state index in [4.69, 9.17) is 11.6 Å². The van der Waals surface area contributed by atoms with E-state index in [2.05, 4.69) is 17.6 Å². The Morgan fingerprint density at radius 3 is 2.81 bits per heavy atom. The predicted octanol–water partition coefficient (Wildman–Crippen LogP) is 2.70. The van der Waals surface area contributed by atoms with Crippen molar-refractivity contribution in [2.24, 2.45) is 5.92 Å². The number of nitrogens with one attached hydrogen (secondary N) is 2. The van der Waals surface area contributed by atoms with Crippen LogP contribution in [0.2, 0.25) is 5.02 Å². The molecular formula is C19H23Cl2N3O2. The Hall–Kier alpha value is -1.82. The van der Waals surface area contributed by atoms with Gasteiger partial charge >= 0.3 is 0 Å².